The first-order valence-electron chi connectivity index (χ1n) is 5.02. The lowest BCUT2D eigenvalue weighted by Gasteiger charge is -2.19. The summed E-state index contributed by atoms with van der Waals surface area (Å²) < 4.78 is 5.10. The fourth-order valence-electron chi connectivity index (χ4n) is 0.876. The lowest BCUT2D eigenvalue weighted by Crippen LogP contribution is -2.31. The molecule has 0 radical (unpaired) electrons. The number of ether oxygens (including phenoxy) is 1. The minimum absolute atomic E-state index is 0.387. The van der Waals surface area contributed by atoms with E-state index in [0.717, 1.165) is 18.5 Å². The summed E-state index contributed by atoms with van der Waals surface area (Å²) in [7, 11) is 0. The van der Waals surface area contributed by atoms with Crippen molar-refractivity contribution < 1.29 is 9.53 Å². The molecule has 0 bridgehead atoms. The highest BCUT2D eigenvalue weighted by Gasteiger charge is 2.15. The van der Waals surface area contributed by atoms with E-state index in [9.17, 15) is 4.79 Å². The Kier molecular flexibility index (Phi) is 5.28. The molecule has 0 aliphatic heterocycles. The summed E-state index contributed by atoms with van der Waals surface area (Å²) in [5, 5.41) is 2.67. The first kappa shape index (κ1) is 13.0. The highest BCUT2D eigenvalue weighted by molar-refractivity contribution is 5.69. The second kappa shape index (κ2) is 5.68. The number of rotatable bonds is 3. The average molecular weight is 199 g/mol. The smallest absolute Gasteiger partial charge is 0.411 e. The molecule has 1 N–H and O–H groups in total. The Morgan fingerprint density at radius 3 is 2.43 bits per heavy atom. The molecule has 3 nitrogen and oxygen atoms in total. The molecule has 0 saturated carbocycles. The third-order valence-corrected chi connectivity index (χ3v) is 1.44. The summed E-state index contributed by atoms with van der Waals surface area (Å²) in [5.74, 6) is 0. The van der Waals surface area contributed by atoms with E-state index in [0.29, 0.717) is 0 Å². The molecule has 0 aromatic rings. The molecule has 0 aromatic heterocycles. The zero-order valence-corrected chi connectivity index (χ0v) is 9.81. The van der Waals surface area contributed by atoms with E-state index in [-0.39, 0.29) is 6.09 Å². The van der Waals surface area contributed by atoms with E-state index >= 15 is 0 Å². The van der Waals surface area contributed by atoms with E-state index in [2.05, 4.69) is 12.2 Å². The van der Waals surface area contributed by atoms with Crippen LogP contribution in [0.2, 0.25) is 0 Å². The third kappa shape index (κ3) is 7.65. The van der Waals surface area contributed by atoms with Crippen LogP contribution in [-0.2, 0) is 4.74 Å². The molecule has 0 saturated heterocycles. The van der Waals surface area contributed by atoms with Crippen LogP contribution in [-0.4, -0.2) is 11.7 Å². The van der Waals surface area contributed by atoms with E-state index in [1.165, 1.54) is 0 Å². The van der Waals surface area contributed by atoms with Crippen molar-refractivity contribution in [3.05, 3.63) is 11.8 Å². The van der Waals surface area contributed by atoms with Gasteiger partial charge in [-0.05, 0) is 34.1 Å². The first-order valence-corrected chi connectivity index (χ1v) is 5.02. The minimum atomic E-state index is -0.435. The number of alkyl carbamates (subject to hydrolysis) is 1. The van der Waals surface area contributed by atoms with Crippen LogP contribution in [0.4, 0.5) is 4.79 Å². The van der Waals surface area contributed by atoms with Gasteiger partial charge >= 0.3 is 6.09 Å². The van der Waals surface area contributed by atoms with Crippen molar-refractivity contribution in [3.63, 3.8) is 0 Å². The number of hydrogen-bond acceptors (Lipinski definition) is 2. The van der Waals surface area contributed by atoms with Crippen molar-refractivity contribution in [3.8, 4) is 0 Å². The molecule has 0 heterocycles. The van der Waals surface area contributed by atoms with Crippen LogP contribution >= 0.6 is 0 Å². The Morgan fingerprint density at radius 1 is 1.43 bits per heavy atom. The van der Waals surface area contributed by atoms with Crippen molar-refractivity contribution in [2.45, 2.75) is 53.1 Å². The Balaban J connectivity index is 3.95. The summed E-state index contributed by atoms with van der Waals surface area (Å²) in [6.45, 7) is 9.49. The van der Waals surface area contributed by atoms with Crippen molar-refractivity contribution >= 4 is 6.09 Å². The molecular formula is C11H21NO2. The highest BCUT2D eigenvalue weighted by atomic mass is 16.6. The molecule has 14 heavy (non-hydrogen) atoms. The predicted molar refractivity (Wildman–Crippen MR) is 58.0 cm³/mol. The van der Waals surface area contributed by atoms with E-state index < -0.39 is 5.60 Å². The number of amides is 1. The van der Waals surface area contributed by atoms with Gasteiger partial charge in [-0.3, -0.25) is 5.32 Å². The third-order valence-electron chi connectivity index (χ3n) is 1.44. The number of carbonyl (C=O) groups excluding carboxylic acids is 1. The van der Waals surface area contributed by atoms with Crippen LogP contribution in [0.15, 0.2) is 11.8 Å². The lowest BCUT2D eigenvalue weighted by molar-refractivity contribution is 0.0546. The van der Waals surface area contributed by atoms with Gasteiger partial charge in [0.15, 0.2) is 0 Å². The van der Waals surface area contributed by atoms with Crippen LogP contribution in [0.25, 0.3) is 0 Å². The van der Waals surface area contributed by atoms with Crippen LogP contribution in [0.1, 0.15) is 47.5 Å². The van der Waals surface area contributed by atoms with Gasteiger partial charge in [0.05, 0.1) is 0 Å². The van der Waals surface area contributed by atoms with Gasteiger partial charge in [-0.2, -0.15) is 0 Å². The van der Waals surface area contributed by atoms with Crippen molar-refractivity contribution in [2.24, 2.45) is 0 Å². The summed E-state index contributed by atoms with van der Waals surface area (Å²) in [6, 6.07) is 0. The van der Waals surface area contributed by atoms with Gasteiger partial charge in [-0.25, -0.2) is 4.79 Å². The molecule has 3 heteroatoms. The topological polar surface area (TPSA) is 38.3 Å². The van der Waals surface area contributed by atoms with Gasteiger partial charge < -0.3 is 4.74 Å². The van der Waals surface area contributed by atoms with Gasteiger partial charge in [0.25, 0.3) is 0 Å². The van der Waals surface area contributed by atoms with E-state index in [1.807, 2.05) is 33.8 Å². The fraction of sp³-hybridized carbons (Fsp3) is 0.727. The Labute approximate surface area is 86.5 Å². The molecule has 0 atom stereocenters. The predicted octanol–water partition coefficient (Wildman–Crippen LogP) is 3.22. The maximum absolute atomic E-state index is 11.3. The quantitative estimate of drug-likeness (QED) is 0.758. The van der Waals surface area contributed by atoms with Crippen molar-refractivity contribution in [1.82, 2.24) is 5.32 Å². The van der Waals surface area contributed by atoms with Crippen molar-refractivity contribution in [1.29, 1.82) is 0 Å². The van der Waals surface area contributed by atoms with Gasteiger partial charge in [-0.15, -0.1) is 0 Å². The lowest BCUT2D eigenvalue weighted by atomic mass is 10.2. The highest BCUT2D eigenvalue weighted by Crippen LogP contribution is 2.07. The number of carbonyl (C=O) groups is 1. The maximum atomic E-state index is 11.3. The molecule has 0 fully saturated rings. The number of nitrogens with one attached hydrogen (secondary N) is 1. The molecule has 0 aromatic carbocycles. The number of hydrogen-bond donors (Lipinski definition) is 1. The SMILES string of the molecule is CCC/C=C(\C)NC(=O)OC(C)(C)C. The Morgan fingerprint density at radius 2 is 2.00 bits per heavy atom. The molecule has 0 unspecified atom stereocenters. The van der Waals surface area contributed by atoms with Gasteiger partial charge in [0.2, 0.25) is 0 Å². The fourth-order valence-corrected chi connectivity index (χ4v) is 0.876. The second-order valence-electron chi connectivity index (χ2n) is 4.30. The second-order valence-corrected chi connectivity index (χ2v) is 4.30. The maximum Gasteiger partial charge on any atom is 0.411 e. The normalized spacial score (nSPS) is 12.5. The standard InChI is InChI=1S/C11H21NO2/c1-6-7-8-9(2)12-10(13)14-11(3,4)5/h8H,6-7H2,1-5H3,(H,12,13)/b9-8+. The summed E-state index contributed by atoms with van der Waals surface area (Å²) in [6.07, 6.45) is 3.65. The van der Waals surface area contributed by atoms with E-state index in [1.54, 1.807) is 0 Å². The van der Waals surface area contributed by atoms with Crippen LogP contribution in [0, 0.1) is 0 Å². The first-order chi connectivity index (χ1) is 6.35. The molecule has 0 rings (SSSR count). The monoisotopic (exact) mass is 199 g/mol. The average Bonchev–Trinajstić information content (AvgIpc) is 1.96. The van der Waals surface area contributed by atoms with Crippen molar-refractivity contribution in [2.75, 3.05) is 0 Å². The van der Waals surface area contributed by atoms with Gasteiger partial charge in [0, 0.05) is 5.70 Å². The minimum Gasteiger partial charge on any atom is -0.444 e. The van der Waals surface area contributed by atoms with Gasteiger partial charge in [-0.1, -0.05) is 19.4 Å². The Bertz CT molecular complexity index is 214. The number of allylic oxidation sites excluding steroid dienone is 2. The largest absolute Gasteiger partial charge is 0.444 e. The molecule has 82 valence electrons. The van der Waals surface area contributed by atoms with Crippen LogP contribution in [0.3, 0.4) is 0 Å². The zero-order chi connectivity index (χ0) is 11.2. The van der Waals surface area contributed by atoms with Crippen LogP contribution in [0.5, 0.6) is 0 Å². The zero-order valence-electron chi connectivity index (χ0n) is 9.81. The molecule has 1 amide bonds. The molecule has 0 spiro atoms. The molecule has 0 aliphatic rings. The molecular weight excluding hydrogens is 178 g/mol. The number of unbranched alkanes of at least 4 members (excludes halogenated alkanes) is 1. The van der Waals surface area contributed by atoms with E-state index in [4.69, 9.17) is 4.74 Å². The summed E-state index contributed by atoms with van der Waals surface area (Å²) in [4.78, 5) is 11.3. The summed E-state index contributed by atoms with van der Waals surface area (Å²) >= 11 is 0. The van der Waals surface area contributed by atoms with Gasteiger partial charge in [0.1, 0.15) is 5.60 Å². The molecule has 0 aliphatic carbocycles. The van der Waals surface area contributed by atoms with Crippen LogP contribution < -0.4 is 5.32 Å². The Hall–Kier alpha value is -0.990. The summed E-state index contributed by atoms with van der Waals surface area (Å²) in [5.41, 5.74) is 0.413.